The maximum absolute atomic E-state index is 13.9. The van der Waals surface area contributed by atoms with Crippen molar-refractivity contribution < 1.29 is 4.39 Å². The first-order valence-corrected chi connectivity index (χ1v) is 10.6. The highest BCUT2D eigenvalue weighted by molar-refractivity contribution is 5.80. The second kappa shape index (κ2) is 9.56. The SMILES string of the molecule is CC(CNc1nc(-c2ccncc2)c(-c2cccc(F)c2)c(=O)n1C)Cc1ccccc1. The van der Waals surface area contributed by atoms with Gasteiger partial charge in [0, 0.05) is 31.5 Å². The molecule has 1 N–H and O–H groups in total. The van der Waals surface area contributed by atoms with Gasteiger partial charge in [-0.3, -0.25) is 14.3 Å². The Labute approximate surface area is 186 Å². The molecule has 0 radical (unpaired) electrons. The number of hydrogen-bond acceptors (Lipinski definition) is 4. The summed E-state index contributed by atoms with van der Waals surface area (Å²) in [6.07, 6.45) is 4.22. The topological polar surface area (TPSA) is 59.8 Å². The van der Waals surface area contributed by atoms with Gasteiger partial charge in [-0.05, 0) is 47.7 Å². The fourth-order valence-corrected chi connectivity index (χ4v) is 3.74. The molecule has 0 spiro atoms. The molecule has 0 bridgehead atoms. The van der Waals surface area contributed by atoms with Crippen LogP contribution in [0.15, 0.2) is 83.9 Å². The number of aromatic nitrogens is 3. The number of pyridine rings is 1. The molecule has 5 nitrogen and oxygen atoms in total. The number of rotatable bonds is 7. The first kappa shape index (κ1) is 21.4. The summed E-state index contributed by atoms with van der Waals surface area (Å²) in [4.78, 5) is 22.2. The minimum absolute atomic E-state index is 0.240. The normalized spacial score (nSPS) is 11.8. The van der Waals surface area contributed by atoms with Gasteiger partial charge < -0.3 is 5.32 Å². The highest BCUT2D eigenvalue weighted by Gasteiger charge is 2.19. The maximum Gasteiger partial charge on any atom is 0.263 e. The molecular formula is C26H25FN4O. The van der Waals surface area contributed by atoms with Gasteiger partial charge in [-0.2, -0.15) is 0 Å². The Balaban J connectivity index is 1.70. The largest absolute Gasteiger partial charge is 0.355 e. The molecule has 4 rings (SSSR count). The zero-order chi connectivity index (χ0) is 22.5. The van der Waals surface area contributed by atoms with Gasteiger partial charge in [-0.1, -0.05) is 49.4 Å². The van der Waals surface area contributed by atoms with E-state index in [1.54, 1.807) is 43.7 Å². The van der Waals surface area contributed by atoms with Crippen LogP contribution in [0.25, 0.3) is 22.4 Å². The molecule has 0 aliphatic carbocycles. The summed E-state index contributed by atoms with van der Waals surface area (Å²) in [6.45, 7) is 2.81. The standard InChI is InChI=1S/C26H25FN4O/c1-18(15-19-7-4-3-5-8-19)17-29-26-30-24(20-11-13-28-14-12-20)23(25(32)31(26)2)21-9-6-10-22(27)16-21/h3-14,16,18H,15,17H2,1-2H3,(H,29,30). The van der Waals surface area contributed by atoms with E-state index in [1.165, 1.54) is 22.3 Å². The van der Waals surface area contributed by atoms with Crippen molar-refractivity contribution >= 4 is 5.95 Å². The number of nitrogens with one attached hydrogen (secondary N) is 1. The van der Waals surface area contributed by atoms with Gasteiger partial charge >= 0.3 is 0 Å². The number of nitrogens with zero attached hydrogens (tertiary/aromatic N) is 3. The highest BCUT2D eigenvalue weighted by Crippen LogP contribution is 2.29. The van der Waals surface area contributed by atoms with Crippen molar-refractivity contribution in [1.29, 1.82) is 0 Å². The summed E-state index contributed by atoms with van der Waals surface area (Å²) in [6, 6.07) is 19.9. The van der Waals surface area contributed by atoms with Crippen LogP contribution in [-0.4, -0.2) is 21.1 Å². The Morgan fingerprint density at radius 1 is 1.00 bits per heavy atom. The van der Waals surface area contributed by atoms with E-state index in [4.69, 9.17) is 4.98 Å². The predicted octanol–water partition coefficient (Wildman–Crippen LogP) is 4.94. The molecule has 0 aliphatic heterocycles. The van der Waals surface area contributed by atoms with Crippen molar-refractivity contribution in [3.63, 3.8) is 0 Å². The fraction of sp³-hybridized carbons (Fsp3) is 0.192. The van der Waals surface area contributed by atoms with Crippen molar-refractivity contribution in [2.24, 2.45) is 13.0 Å². The van der Waals surface area contributed by atoms with Gasteiger partial charge in [-0.25, -0.2) is 9.37 Å². The van der Waals surface area contributed by atoms with Gasteiger partial charge in [0.2, 0.25) is 5.95 Å². The van der Waals surface area contributed by atoms with Crippen LogP contribution in [0.1, 0.15) is 12.5 Å². The van der Waals surface area contributed by atoms with Crippen LogP contribution in [0, 0.1) is 11.7 Å². The Bertz CT molecular complexity index is 1260. The van der Waals surface area contributed by atoms with Crippen molar-refractivity contribution in [2.45, 2.75) is 13.3 Å². The smallest absolute Gasteiger partial charge is 0.263 e. The van der Waals surface area contributed by atoms with Crippen LogP contribution >= 0.6 is 0 Å². The molecule has 0 fully saturated rings. The zero-order valence-electron chi connectivity index (χ0n) is 18.1. The molecule has 32 heavy (non-hydrogen) atoms. The summed E-state index contributed by atoms with van der Waals surface area (Å²) in [7, 11) is 1.68. The lowest BCUT2D eigenvalue weighted by atomic mass is 10.0. The number of halogens is 1. The molecule has 1 unspecified atom stereocenters. The van der Waals surface area contributed by atoms with Gasteiger partial charge in [-0.15, -0.1) is 0 Å². The van der Waals surface area contributed by atoms with E-state index < -0.39 is 5.82 Å². The van der Waals surface area contributed by atoms with Crippen molar-refractivity contribution in [3.05, 3.63) is 101 Å². The first-order valence-electron chi connectivity index (χ1n) is 10.6. The van der Waals surface area contributed by atoms with Gasteiger partial charge in [0.1, 0.15) is 5.82 Å². The number of hydrogen-bond donors (Lipinski definition) is 1. The molecule has 4 aromatic rings. The Kier molecular flexibility index (Phi) is 6.40. The lowest BCUT2D eigenvalue weighted by Crippen LogP contribution is -2.26. The second-order valence-electron chi connectivity index (χ2n) is 7.95. The lowest BCUT2D eigenvalue weighted by molar-refractivity contribution is 0.606. The van der Waals surface area contributed by atoms with Crippen molar-refractivity contribution in [3.8, 4) is 22.4 Å². The van der Waals surface area contributed by atoms with Crippen LogP contribution < -0.4 is 10.9 Å². The molecule has 0 saturated carbocycles. The van der Waals surface area contributed by atoms with E-state index in [-0.39, 0.29) is 5.56 Å². The molecule has 0 amide bonds. The summed E-state index contributed by atoms with van der Waals surface area (Å²) in [5, 5.41) is 3.34. The van der Waals surface area contributed by atoms with Gasteiger partial charge in [0.05, 0.1) is 11.3 Å². The monoisotopic (exact) mass is 428 g/mol. The second-order valence-corrected chi connectivity index (χ2v) is 7.95. The maximum atomic E-state index is 13.9. The molecule has 1 atom stereocenters. The van der Waals surface area contributed by atoms with Crippen LogP contribution in [0.5, 0.6) is 0 Å². The minimum atomic E-state index is -0.401. The van der Waals surface area contributed by atoms with E-state index in [2.05, 4.69) is 29.4 Å². The quantitative estimate of drug-likeness (QED) is 0.453. The molecule has 2 heterocycles. The summed E-state index contributed by atoms with van der Waals surface area (Å²) < 4.78 is 15.4. The predicted molar refractivity (Wildman–Crippen MR) is 126 cm³/mol. The van der Waals surface area contributed by atoms with Crippen LogP contribution in [-0.2, 0) is 13.5 Å². The van der Waals surface area contributed by atoms with Gasteiger partial charge in [0.15, 0.2) is 0 Å². The molecule has 0 saturated heterocycles. The average Bonchev–Trinajstić information content (AvgIpc) is 2.81. The summed E-state index contributed by atoms with van der Waals surface area (Å²) in [5.74, 6) is 0.408. The zero-order valence-corrected chi connectivity index (χ0v) is 18.1. The van der Waals surface area contributed by atoms with E-state index in [0.717, 1.165) is 12.0 Å². The van der Waals surface area contributed by atoms with Crippen LogP contribution in [0.4, 0.5) is 10.3 Å². The summed E-state index contributed by atoms with van der Waals surface area (Å²) >= 11 is 0. The highest BCUT2D eigenvalue weighted by atomic mass is 19.1. The van der Waals surface area contributed by atoms with E-state index in [9.17, 15) is 9.18 Å². The van der Waals surface area contributed by atoms with E-state index in [0.29, 0.717) is 35.2 Å². The Morgan fingerprint density at radius 2 is 1.75 bits per heavy atom. The molecular weight excluding hydrogens is 403 g/mol. The number of benzene rings is 2. The van der Waals surface area contributed by atoms with Crippen molar-refractivity contribution in [2.75, 3.05) is 11.9 Å². The van der Waals surface area contributed by atoms with Crippen LogP contribution in [0.3, 0.4) is 0 Å². The van der Waals surface area contributed by atoms with Crippen molar-refractivity contribution in [1.82, 2.24) is 14.5 Å². The summed E-state index contributed by atoms with van der Waals surface area (Å²) in [5.41, 5.74) is 3.13. The molecule has 0 aliphatic rings. The van der Waals surface area contributed by atoms with E-state index in [1.807, 2.05) is 18.2 Å². The lowest BCUT2D eigenvalue weighted by Gasteiger charge is -2.18. The third-order valence-corrected chi connectivity index (χ3v) is 5.39. The van der Waals surface area contributed by atoms with Gasteiger partial charge in [0.25, 0.3) is 5.56 Å². The minimum Gasteiger partial charge on any atom is -0.355 e. The molecule has 6 heteroatoms. The van der Waals surface area contributed by atoms with Crippen LogP contribution in [0.2, 0.25) is 0 Å². The fourth-order valence-electron chi connectivity index (χ4n) is 3.74. The molecule has 2 aromatic carbocycles. The Hall–Kier alpha value is -3.80. The van der Waals surface area contributed by atoms with E-state index >= 15 is 0 Å². The Morgan fingerprint density at radius 3 is 2.47 bits per heavy atom. The molecule has 2 aromatic heterocycles. The number of anilines is 1. The first-order chi connectivity index (χ1) is 15.5. The molecule has 162 valence electrons. The average molecular weight is 429 g/mol. The third kappa shape index (κ3) is 4.75. The third-order valence-electron chi connectivity index (χ3n) is 5.39.